The summed E-state index contributed by atoms with van der Waals surface area (Å²) >= 11 is 0. The van der Waals surface area contributed by atoms with Crippen LogP contribution in [-0.2, 0) is 4.79 Å². The van der Waals surface area contributed by atoms with Crippen LogP contribution in [-0.4, -0.2) is 24.3 Å². The average Bonchev–Trinajstić information content (AvgIpc) is 1.88. The van der Waals surface area contributed by atoms with Crippen molar-refractivity contribution in [3.05, 3.63) is 0 Å². The molecule has 1 atom stereocenters. The second-order valence-corrected chi connectivity index (χ2v) is 2.41. The summed E-state index contributed by atoms with van der Waals surface area (Å²) in [6, 6.07) is 0. The summed E-state index contributed by atoms with van der Waals surface area (Å²) < 4.78 is 0. The first-order valence-corrected chi connectivity index (χ1v) is 3.64. The molecule has 0 fully saturated rings. The predicted octanol–water partition coefficient (Wildman–Crippen LogP) is 1.32. The highest BCUT2D eigenvalue weighted by Crippen LogP contribution is 1.98. The van der Waals surface area contributed by atoms with Gasteiger partial charge in [-0.05, 0) is 20.8 Å². The van der Waals surface area contributed by atoms with E-state index in [1.54, 1.807) is 13.8 Å². The molecular formula is C8H14N2O. The van der Waals surface area contributed by atoms with Crippen molar-refractivity contribution in [3.63, 3.8) is 0 Å². The van der Waals surface area contributed by atoms with E-state index in [2.05, 4.69) is 4.99 Å². The number of aldehydes is 1. The molecule has 0 aromatic heterocycles. The first kappa shape index (κ1) is 10.0. The maximum Gasteiger partial charge on any atom is 0.134 e. The number of hydrogen-bond acceptors (Lipinski definition) is 3. The van der Waals surface area contributed by atoms with Crippen LogP contribution in [0.4, 0.5) is 0 Å². The molecule has 0 amide bonds. The SMILES string of the molecule is CCN=C(C)C(C=O)C(C)=N. The number of nitrogens with one attached hydrogen (secondary N) is 1. The summed E-state index contributed by atoms with van der Waals surface area (Å²) in [5, 5.41) is 7.25. The van der Waals surface area contributed by atoms with E-state index in [1.807, 2.05) is 6.92 Å². The van der Waals surface area contributed by atoms with Crippen LogP contribution in [0.3, 0.4) is 0 Å². The number of nitrogens with zero attached hydrogens (tertiary/aromatic N) is 1. The van der Waals surface area contributed by atoms with E-state index in [4.69, 9.17) is 5.41 Å². The minimum absolute atomic E-state index is 0.356. The summed E-state index contributed by atoms with van der Waals surface area (Å²) in [5.41, 5.74) is 1.09. The smallest absolute Gasteiger partial charge is 0.134 e. The summed E-state index contributed by atoms with van der Waals surface area (Å²) in [5.74, 6) is -0.407. The Morgan fingerprint density at radius 1 is 1.64 bits per heavy atom. The lowest BCUT2D eigenvalue weighted by Gasteiger charge is -2.06. The molecule has 0 saturated carbocycles. The van der Waals surface area contributed by atoms with E-state index in [9.17, 15) is 4.79 Å². The molecule has 0 aliphatic heterocycles. The van der Waals surface area contributed by atoms with Crippen LogP contribution in [0.1, 0.15) is 20.8 Å². The van der Waals surface area contributed by atoms with Crippen molar-refractivity contribution < 1.29 is 4.79 Å². The van der Waals surface area contributed by atoms with E-state index < -0.39 is 5.92 Å². The van der Waals surface area contributed by atoms with Gasteiger partial charge in [-0.15, -0.1) is 0 Å². The van der Waals surface area contributed by atoms with Crippen LogP contribution >= 0.6 is 0 Å². The zero-order chi connectivity index (χ0) is 8.85. The van der Waals surface area contributed by atoms with E-state index >= 15 is 0 Å². The molecule has 0 aromatic rings. The molecule has 0 aromatic carbocycles. The van der Waals surface area contributed by atoms with Crippen LogP contribution < -0.4 is 0 Å². The molecule has 0 heterocycles. The fraction of sp³-hybridized carbons (Fsp3) is 0.625. The minimum Gasteiger partial charge on any atom is -0.309 e. The van der Waals surface area contributed by atoms with E-state index in [1.165, 1.54) is 0 Å². The van der Waals surface area contributed by atoms with Crippen molar-refractivity contribution in [1.29, 1.82) is 5.41 Å². The second-order valence-electron chi connectivity index (χ2n) is 2.41. The Bertz CT molecular complexity index is 185. The molecule has 0 radical (unpaired) electrons. The van der Waals surface area contributed by atoms with Crippen molar-refractivity contribution >= 4 is 17.7 Å². The molecule has 1 N–H and O–H groups in total. The third kappa shape index (κ3) is 3.07. The summed E-state index contributed by atoms with van der Waals surface area (Å²) in [6.07, 6.45) is 0.761. The Kier molecular flexibility index (Phi) is 4.34. The van der Waals surface area contributed by atoms with E-state index in [-0.39, 0.29) is 0 Å². The quantitative estimate of drug-likeness (QED) is 0.482. The van der Waals surface area contributed by atoms with Gasteiger partial charge in [-0.2, -0.15) is 0 Å². The minimum atomic E-state index is -0.407. The molecule has 0 rings (SSSR count). The standard InChI is InChI=1S/C8H14N2O/c1-4-10-7(3)8(5-11)6(2)9/h5,8-9H,4H2,1-3H3. The number of carbonyl (C=O) groups is 1. The zero-order valence-electron chi connectivity index (χ0n) is 7.22. The van der Waals surface area contributed by atoms with Gasteiger partial charge >= 0.3 is 0 Å². The zero-order valence-corrected chi connectivity index (χ0v) is 7.22. The van der Waals surface area contributed by atoms with Crippen molar-refractivity contribution in [2.75, 3.05) is 6.54 Å². The highest BCUT2D eigenvalue weighted by atomic mass is 16.1. The Morgan fingerprint density at radius 3 is 2.45 bits per heavy atom. The molecule has 1 unspecified atom stereocenters. The summed E-state index contributed by atoms with van der Waals surface area (Å²) in [4.78, 5) is 14.5. The summed E-state index contributed by atoms with van der Waals surface area (Å²) in [7, 11) is 0. The number of aliphatic imine (C=N–C) groups is 1. The maximum atomic E-state index is 10.4. The monoisotopic (exact) mass is 154 g/mol. The fourth-order valence-electron chi connectivity index (χ4n) is 0.862. The molecule has 0 bridgehead atoms. The van der Waals surface area contributed by atoms with Crippen LogP contribution in [0, 0.1) is 11.3 Å². The van der Waals surface area contributed by atoms with Crippen molar-refractivity contribution in [3.8, 4) is 0 Å². The largest absolute Gasteiger partial charge is 0.309 e. The van der Waals surface area contributed by atoms with Gasteiger partial charge in [0.25, 0.3) is 0 Å². The lowest BCUT2D eigenvalue weighted by atomic mass is 10.0. The maximum absolute atomic E-state index is 10.4. The van der Waals surface area contributed by atoms with Gasteiger partial charge < -0.3 is 10.2 Å². The number of hydrogen-bond donors (Lipinski definition) is 1. The van der Waals surface area contributed by atoms with Gasteiger partial charge in [-0.25, -0.2) is 0 Å². The van der Waals surface area contributed by atoms with Crippen LogP contribution in [0.2, 0.25) is 0 Å². The Labute approximate surface area is 67.0 Å². The lowest BCUT2D eigenvalue weighted by molar-refractivity contribution is -0.108. The molecule has 0 spiro atoms. The molecule has 0 aliphatic carbocycles. The van der Waals surface area contributed by atoms with Gasteiger partial charge in [0.05, 0.1) is 5.92 Å². The van der Waals surface area contributed by atoms with Crippen LogP contribution in [0.15, 0.2) is 4.99 Å². The third-order valence-electron chi connectivity index (χ3n) is 1.46. The number of carbonyl (C=O) groups excluding carboxylic acids is 1. The van der Waals surface area contributed by atoms with Crippen molar-refractivity contribution in [2.24, 2.45) is 10.9 Å². The highest BCUT2D eigenvalue weighted by molar-refractivity contribution is 6.14. The predicted molar refractivity (Wildman–Crippen MR) is 46.6 cm³/mol. The average molecular weight is 154 g/mol. The first-order valence-electron chi connectivity index (χ1n) is 3.64. The third-order valence-corrected chi connectivity index (χ3v) is 1.46. The fourth-order valence-corrected chi connectivity index (χ4v) is 0.862. The molecule has 62 valence electrons. The first-order chi connectivity index (χ1) is 5.13. The van der Waals surface area contributed by atoms with Crippen LogP contribution in [0.25, 0.3) is 0 Å². The Hall–Kier alpha value is -0.990. The van der Waals surface area contributed by atoms with Gasteiger partial charge in [-0.1, -0.05) is 0 Å². The molecule has 11 heavy (non-hydrogen) atoms. The Morgan fingerprint density at radius 2 is 2.18 bits per heavy atom. The number of rotatable bonds is 4. The van der Waals surface area contributed by atoms with Crippen LogP contribution in [0.5, 0.6) is 0 Å². The van der Waals surface area contributed by atoms with Gasteiger partial charge in [-0.3, -0.25) is 4.99 Å². The van der Waals surface area contributed by atoms with Gasteiger partial charge in [0, 0.05) is 18.0 Å². The lowest BCUT2D eigenvalue weighted by Crippen LogP contribution is -2.20. The van der Waals surface area contributed by atoms with E-state index in [0.717, 1.165) is 12.0 Å². The Balaban J connectivity index is 4.37. The van der Waals surface area contributed by atoms with Gasteiger partial charge in [0.1, 0.15) is 6.29 Å². The van der Waals surface area contributed by atoms with Gasteiger partial charge in [0.15, 0.2) is 0 Å². The molecule has 0 saturated heterocycles. The normalized spacial score (nSPS) is 14.3. The van der Waals surface area contributed by atoms with Crippen molar-refractivity contribution in [2.45, 2.75) is 20.8 Å². The molecule has 3 nitrogen and oxygen atoms in total. The second kappa shape index (κ2) is 4.77. The highest BCUT2D eigenvalue weighted by Gasteiger charge is 2.11. The molecular weight excluding hydrogens is 140 g/mol. The van der Waals surface area contributed by atoms with Crippen molar-refractivity contribution in [1.82, 2.24) is 0 Å². The topological polar surface area (TPSA) is 53.3 Å². The molecule has 3 heteroatoms. The molecule has 0 aliphatic rings. The van der Waals surface area contributed by atoms with Gasteiger partial charge in [0.2, 0.25) is 0 Å². The van der Waals surface area contributed by atoms with E-state index in [0.29, 0.717) is 12.3 Å². The summed E-state index contributed by atoms with van der Waals surface area (Å²) in [6.45, 7) is 5.97.